The molecule has 0 aliphatic rings. The van der Waals surface area contributed by atoms with Crippen molar-refractivity contribution in [3.8, 4) is 0 Å². The first-order valence-corrected chi connectivity index (χ1v) is 8.04. The second-order valence-electron chi connectivity index (χ2n) is 4.99. The molecule has 0 saturated heterocycles. The molecule has 112 valence electrons. The Bertz CT molecular complexity index is 831. The highest BCUT2D eigenvalue weighted by Crippen LogP contribution is 2.17. The second kappa shape index (κ2) is 6.15. The molecule has 2 aromatic heterocycles. The first-order chi connectivity index (χ1) is 10.7. The van der Waals surface area contributed by atoms with Crippen LogP contribution in [0.3, 0.4) is 0 Å². The van der Waals surface area contributed by atoms with Crippen LogP contribution in [0.1, 0.15) is 18.2 Å². The number of thiazole rings is 1. The van der Waals surface area contributed by atoms with E-state index >= 15 is 0 Å². The van der Waals surface area contributed by atoms with E-state index in [1.165, 1.54) is 0 Å². The van der Waals surface area contributed by atoms with Gasteiger partial charge in [0.1, 0.15) is 0 Å². The minimum absolute atomic E-state index is 0.0294. The molecule has 0 unspecified atom stereocenters. The van der Waals surface area contributed by atoms with Crippen molar-refractivity contribution < 1.29 is 4.79 Å². The van der Waals surface area contributed by atoms with Gasteiger partial charge in [-0.15, -0.1) is 11.3 Å². The third-order valence-electron chi connectivity index (χ3n) is 3.47. The van der Waals surface area contributed by atoms with E-state index in [1.807, 2.05) is 60.2 Å². The molecule has 0 N–H and O–H groups in total. The van der Waals surface area contributed by atoms with E-state index in [-0.39, 0.29) is 5.91 Å². The molecule has 3 aromatic rings. The third-order valence-corrected chi connectivity index (χ3v) is 4.24. The highest BCUT2D eigenvalue weighted by Gasteiger charge is 2.11. The van der Waals surface area contributed by atoms with Gasteiger partial charge in [-0.05, 0) is 37.6 Å². The van der Waals surface area contributed by atoms with Gasteiger partial charge < -0.3 is 4.90 Å². The minimum atomic E-state index is -0.0294. The SMILES string of the molecule is CCN(C(=O)/C=C/c1cnc2sccn12)c1cccc(C)c1. The summed E-state index contributed by atoms with van der Waals surface area (Å²) in [5, 5.41) is 1.98. The highest BCUT2D eigenvalue weighted by atomic mass is 32.1. The number of carbonyl (C=O) groups is 1. The molecule has 1 aromatic carbocycles. The number of anilines is 1. The summed E-state index contributed by atoms with van der Waals surface area (Å²) in [5.74, 6) is -0.0294. The highest BCUT2D eigenvalue weighted by molar-refractivity contribution is 7.15. The number of imidazole rings is 1. The number of carbonyl (C=O) groups excluding carboxylic acids is 1. The normalized spacial score (nSPS) is 11.4. The van der Waals surface area contributed by atoms with E-state index in [0.717, 1.165) is 21.9 Å². The van der Waals surface area contributed by atoms with Crippen molar-refractivity contribution in [2.45, 2.75) is 13.8 Å². The number of nitrogens with zero attached hydrogens (tertiary/aromatic N) is 3. The molecule has 0 saturated carbocycles. The topological polar surface area (TPSA) is 37.6 Å². The zero-order valence-corrected chi connectivity index (χ0v) is 13.4. The molecule has 0 aliphatic heterocycles. The van der Waals surface area contributed by atoms with Gasteiger partial charge in [0.25, 0.3) is 5.91 Å². The molecule has 4 nitrogen and oxygen atoms in total. The Hall–Kier alpha value is -2.40. The van der Waals surface area contributed by atoms with Crippen molar-refractivity contribution in [1.82, 2.24) is 9.38 Å². The molecule has 0 atom stereocenters. The largest absolute Gasteiger partial charge is 0.309 e. The molecule has 0 bridgehead atoms. The number of rotatable bonds is 4. The monoisotopic (exact) mass is 311 g/mol. The van der Waals surface area contributed by atoms with Gasteiger partial charge in [0, 0.05) is 29.9 Å². The van der Waals surface area contributed by atoms with E-state index in [2.05, 4.69) is 4.98 Å². The van der Waals surface area contributed by atoms with Crippen molar-refractivity contribution in [3.63, 3.8) is 0 Å². The van der Waals surface area contributed by atoms with Crippen LogP contribution in [-0.4, -0.2) is 21.8 Å². The molecule has 0 fully saturated rings. The van der Waals surface area contributed by atoms with Crippen LogP contribution in [-0.2, 0) is 4.79 Å². The Morgan fingerprint density at radius 3 is 3.09 bits per heavy atom. The van der Waals surface area contributed by atoms with E-state index in [1.54, 1.807) is 28.5 Å². The summed E-state index contributed by atoms with van der Waals surface area (Å²) in [7, 11) is 0. The fraction of sp³-hybridized carbons (Fsp3) is 0.176. The number of fused-ring (bicyclic) bond motifs is 1. The Morgan fingerprint density at radius 1 is 1.45 bits per heavy atom. The Kier molecular flexibility index (Phi) is 4.06. The lowest BCUT2D eigenvalue weighted by molar-refractivity contribution is -0.114. The number of aromatic nitrogens is 2. The fourth-order valence-corrected chi connectivity index (χ4v) is 3.07. The van der Waals surface area contributed by atoms with E-state index in [4.69, 9.17) is 0 Å². The molecule has 0 radical (unpaired) electrons. The van der Waals surface area contributed by atoms with Gasteiger partial charge in [0.05, 0.1) is 11.9 Å². The minimum Gasteiger partial charge on any atom is -0.309 e. The predicted octanol–water partition coefficient (Wildman–Crippen LogP) is 3.77. The first kappa shape index (κ1) is 14.5. The van der Waals surface area contributed by atoms with Crippen LogP contribution in [0.15, 0.2) is 48.1 Å². The summed E-state index contributed by atoms with van der Waals surface area (Å²) in [6.07, 6.45) is 7.15. The lowest BCUT2D eigenvalue weighted by Gasteiger charge is -2.19. The number of amides is 1. The van der Waals surface area contributed by atoms with Gasteiger partial charge in [-0.25, -0.2) is 4.98 Å². The van der Waals surface area contributed by atoms with Crippen LogP contribution in [0.25, 0.3) is 11.0 Å². The Balaban J connectivity index is 1.83. The molecule has 2 heterocycles. The molecule has 5 heteroatoms. The van der Waals surface area contributed by atoms with Gasteiger partial charge in [-0.2, -0.15) is 0 Å². The summed E-state index contributed by atoms with van der Waals surface area (Å²) in [4.78, 5) is 19.5. The molecular formula is C17H17N3OS. The van der Waals surface area contributed by atoms with Crippen LogP contribution in [0.5, 0.6) is 0 Å². The van der Waals surface area contributed by atoms with E-state index < -0.39 is 0 Å². The summed E-state index contributed by atoms with van der Waals surface area (Å²) in [5.41, 5.74) is 2.97. The Morgan fingerprint density at radius 2 is 2.32 bits per heavy atom. The first-order valence-electron chi connectivity index (χ1n) is 7.16. The number of benzene rings is 1. The summed E-state index contributed by atoms with van der Waals surface area (Å²) in [6, 6.07) is 7.97. The van der Waals surface area contributed by atoms with Crippen molar-refractivity contribution in [1.29, 1.82) is 0 Å². The average molecular weight is 311 g/mol. The van der Waals surface area contributed by atoms with Crippen molar-refractivity contribution in [2.24, 2.45) is 0 Å². The van der Waals surface area contributed by atoms with Gasteiger partial charge in [0.2, 0.25) is 0 Å². The maximum Gasteiger partial charge on any atom is 0.251 e. The molecule has 1 amide bonds. The predicted molar refractivity (Wildman–Crippen MR) is 91.3 cm³/mol. The molecule has 3 rings (SSSR count). The van der Waals surface area contributed by atoms with Crippen LogP contribution < -0.4 is 4.90 Å². The summed E-state index contributed by atoms with van der Waals surface area (Å²) in [6.45, 7) is 4.63. The van der Waals surface area contributed by atoms with Crippen LogP contribution in [0.2, 0.25) is 0 Å². The van der Waals surface area contributed by atoms with Gasteiger partial charge in [0.15, 0.2) is 4.96 Å². The number of likely N-dealkylation sites (N-methyl/N-ethyl adjacent to an activating group) is 1. The second-order valence-corrected chi connectivity index (χ2v) is 5.87. The Labute approximate surface area is 133 Å². The zero-order valence-electron chi connectivity index (χ0n) is 12.6. The lowest BCUT2D eigenvalue weighted by atomic mass is 10.2. The lowest BCUT2D eigenvalue weighted by Crippen LogP contribution is -2.28. The molecule has 0 spiro atoms. The average Bonchev–Trinajstić information content (AvgIpc) is 3.09. The van der Waals surface area contributed by atoms with E-state index in [0.29, 0.717) is 6.54 Å². The molecule has 0 aliphatic carbocycles. The fourth-order valence-electron chi connectivity index (χ4n) is 2.38. The zero-order chi connectivity index (χ0) is 15.5. The molecular weight excluding hydrogens is 294 g/mol. The van der Waals surface area contributed by atoms with E-state index in [9.17, 15) is 4.79 Å². The summed E-state index contributed by atoms with van der Waals surface area (Å²) < 4.78 is 1.97. The van der Waals surface area contributed by atoms with Crippen molar-refractivity contribution in [2.75, 3.05) is 11.4 Å². The summed E-state index contributed by atoms with van der Waals surface area (Å²) >= 11 is 1.57. The quantitative estimate of drug-likeness (QED) is 0.688. The molecule has 22 heavy (non-hydrogen) atoms. The smallest absolute Gasteiger partial charge is 0.251 e. The van der Waals surface area contributed by atoms with Crippen molar-refractivity contribution in [3.05, 3.63) is 59.4 Å². The standard InChI is InChI=1S/C17H17N3OS/c1-3-19(14-6-4-5-13(2)11-14)16(21)8-7-15-12-18-17-20(15)9-10-22-17/h4-12H,3H2,1-2H3/b8-7+. The van der Waals surface area contributed by atoms with Gasteiger partial charge >= 0.3 is 0 Å². The van der Waals surface area contributed by atoms with Crippen molar-refractivity contribution >= 4 is 34.0 Å². The van der Waals surface area contributed by atoms with Crippen LogP contribution >= 0.6 is 11.3 Å². The van der Waals surface area contributed by atoms with Crippen LogP contribution in [0.4, 0.5) is 5.69 Å². The maximum absolute atomic E-state index is 12.5. The number of aryl methyl sites for hydroxylation is 1. The van der Waals surface area contributed by atoms with Crippen LogP contribution in [0, 0.1) is 6.92 Å². The maximum atomic E-state index is 12.5. The number of hydrogen-bond acceptors (Lipinski definition) is 3. The number of hydrogen-bond donors (Lipinski definition) is 0. The van der Waals surface area contributed by atoms with Gasteiger partial charge in [-0.3, -0.25) is 9.20 Å². The third kappa shape index (κ3) is 2.80. The van der Waals surface area contributed by atoms with Gasteiger partial charge in [-0.1, -0.05) is 12.1 Å².